The van der Waals surface area contributed by atoms with E-state index in [1.165, 1.54) is 263 Å². The van der Waals surface area contributed by atoms with Crippen molar-refractivity contribution >= 4 is 13.7 Å². The second-order valence-electron chi connectivity index (χ2n) is 23.5. The molecule has 0 aliphatic heterocycles. The molecular weight excluding hydrogens is 936 g/mol. The fourth-order valence-electron chi connectivity index (χ4n) is 9.76. The first-order valence-electron chi connectivity index (χ1n) is 32.4. The highest BCUT2D eigenvalue weighted by atomic mass is 31.2. The lowest BCUT2D eigenvalue weighted by atomic mass is 10.0. The monoisotopic (exact) mass is 1060 g/mol. The third kappa shape index (κ3) is 58.4. The van der Waals surface area contributed by atoms with E-state index in [-0.39, 0.29) is 12.5 Å². The quantitative estimate of drug-likeness (QED) is 0.0272. The van der Waals surface area contributed by atoms with E-state index < -0.39 is 26.6 Å². The van der Waals surface area contributed by atoms with E-state index in [9.17, 15) is 19.4 Å². The topological polar surface area (TPSA) is 108 Å². The summed E-state index contributed by atoms with van der Waals surface area (Å²) < 4.78 is 23.4. The van der Waals surface area contributed by atoms with Crippen molar-refractivity contribution in [1.82, 2.24) is 5.32 Å². The van der Waals surface area contributed by atoms with Gasteiger partial charge >= 0.3 is 0 Å². The number of allylic oxidation sites excluding steroid dienone is 5. The second kappa shape index (κ2) is 56.4. The Hall–Kier alpha value is -1.28. The number of quaternary nitrogens is 1. The first-order valence-corrected chi connectivity index (χ1v) is 33.8. The Kier molecular flexibility index (Phi) is 55.5. The number of hydrogen-bond acceptors (Lipinski definition) is 6. The van der Waals surface area contributed by atoms with E-state index in [0.717, 1.165) is 38.5 Å². The fourth-order valence-corrected chi connectivity index (χ4v) is 10.5. The molecule has 0 saturated carbocycles. The van der Waals surface area contributed by atoms with Crippen LogP contribution in [0.1, 0.15) is 322 Å². The zero-order valence-electron chi connectivity index (χ0n) is 50.1. The molecule has 3 atom stereocenters. The van der Waals surface area contributed by atoms with Crippen LogP contribution in [0.4, 0.5) is 0 Å². The van der Waals surface area contributed by atoms with E-state index in [4.69, 9.17) is 9.05 Å². The van der Waals surface area contributed by atoms with Gasteiger partial charge in [-0.05, 0) is 57.8 Å². The average molecular weight is 1060 g/mol. The summed E-state index contributed by atoms with van der Waals surface area (Å²) in [4.78, 5) is 25.6. The van der Waals surface area contributed by atoms with Crippen molar-refractivity contribution in [3.63, 3.8) is 0 Å². The lowest BCUT2D eigenvalue weighted by Crippen LogP contribution is -2.45. The van der Waals surface area contributed by atoms with Crippen molar-refractivity contribution in [2.75, 3.05) is 40.9 Å². The first-order chi connectivity index (χ1) is 36.0. The summed E-state index contributed by atoms with van der Waals surface area (Å²) in [6.45, 7) is 4.68. The number of likely N-dealkylation sites (N-methyl/N-ethyl adjacent to an activating group) is 1. The molecule has 3 unspecified atom stereocenters. The summed E-state index contributed by atoms with van der Waals surface area (Å²) in [6, 6.07) is -0.904. The van der Waals surface area contributed by atoms with Crippen molar-refractivity contribution in [3.8, 4) is 0 Å². The maximum atomic E-state index is 13.0. The van der Waals surface area contributed by atoms with E-state index in [1.807, 2.05) is 27.2 Å². The minimum atomic E-state index is -4.61. The van der Waals surface area contributed by atoms with Gasteiger partial charge in [0.25, 0.3) is 7.82 Å². The molecule has 0 bridgehead atoms. The van der Waals surface area contributed by atoms with Crippen molar-refractivity contribution in [1.29, 1.82) is 0 Å². The number of nitrogens with zero attached hydrogens (tertiary/aromatic N) is 1. The number of phosphoric acid groups is 1. The zero-order valence-corrected chi connectivity index (χ0v) is 51.0. The van der Waals surface area contributed by atoms with Crippen LogP contribution in [0.2, 0.25) is 0 Å². The molecular formula is C65H127N2O6P. The number of carbonyl (C=O) groups excluding carboxylic acids is 1. The number of rotatable bonds is 60. The Balaban J connectivity index is 4.16. The lowest BCUT2D eigenvalue weighted by molar-refractivity contribution is -0.870. The molecule has 0 aliphatic carbocycles. The van der Waals surface area contributed by atoms with Gasteiger partial charge in [-0.1, -0.05) is 294 Å². The van der Waals surface area contributed by atoms with E-state index in [0.29, 0.717) is 17.4 Å². The summed E-state index contributed by atoms with van der Waals surface area (Å²) in [5.74, 6) is -0.203. The van der Waals surface area contributed by atoms with Gasteiger partial charge in [0.05, 0.1) is 39.9 Å². The van der Waals surface area contributed by atoms with Crippen molar-refractivity contribution in [3.05, 3.63) is 36.5 Å². The molecule has 438 valence electrons. The Morgan fingerprint density at radius 1 is 0.459 bits per heavy atom. The van der Waals surface area contributed by atoms with E-state index in [2.05, 4.69) is 43.5 Å². The minimum Gasteiger partial charge on any atom is -0.756 e. The highest BCUT2D eigenvalue weighted by Crippen LogP contribution is 2.38. The Bertz CT molecular complexity index is 1300. The molecule has 0 aromatic rings. The summed E-state index contributed by atoms with van der Waals surface area (Å²) in [6.07, 6.45) is 73.9. The molecule has 8 nitrogen and oxygen atoms in total. The van der Waals surface area contributed by atoms with Gasteiger partial charge < -0.3 is 28.8 Å². The number of unbranched alkanes of at least 4 members (excludes halogenated alkanes) is 43. The van der Waals surface area contributed by atoms with Crippen LogP contribution in [0.25, 0.3) is 0 Å². The van der Waals surface area contributed by atoms with E-state index in [1.54, 1.807) is 6.08 Å². The Labute approximate surface area is 461 Å². The molecule has 0 heterocycles. The lowest BCUT2D eigenvalue weighted by Gasteiger charge is -2.29. The van der Waals surface area contributed by atoms with Gasteiger partial charge in [-0.2, -0.15) is 0 Å². The van der Waals surface area contributed by atoms with Crippen LogP contribution in [-0.2, 0) is 18.4 Å². The molecule has 74 heavy (non-hydrogen) atoms. The highest BCUT2D eigenvalue weighted by Gasteiger charge is 2.23. The number of nitrogens with one attached hydrogen (secondary N) is 1. The van der Waals surface area contributed by atoms with Gasteiger partial charge in [0.15, 0.2) is 0 Å². The average Bonchev–Trinajstić information content (AvgIpc) is 3.36. The third-order valence-corrected chi connectivity index (χ3v) is 15.8. The van der Waals surface area contributed by atoms with Gasteiger partial charge in [0.2, 0.25) is 5.91 Å². The number of amides is 1. The van der Waals surface area contributed by atoms with Gasteiger partial charge in [-0.15, -0.1) is 0 Å². The smallest absolute Gasteiger partial charge is 0.268 e. The molecule has 0 aromatic carbocycles. The van der Waals surface area contributed by atoms with Crippen LogP contribution in [0.3, 0.4) is 0 Å². The number of aliphatic hydroxyl groups excluding tert-OH is 1. The summed E-state index contributed by atoms with van der Waals surface area (Å²) in [5.41, 5.74) is 0. The van der Waals surface area contributed by atoms with Gasteiger partial charge in [-0.25, -0.2) is 0 Å². The number of aliphatic hydroxyl groups is 1. The van der Waals surface area contributed by atoms with Crippen LogP contribution in [0.5, 0.6) is 0 Å². The summed E-state index contributed by atoms with van der Waals surface area (Å²) in [7, 11) is 1.25. The van der Waals surface area contributed by atoms with Crippen molar-refractivity contribution in [2.45, 2.75) is 334 Å². The molecule has 9 heteroatoms. The van der Waals surface area contributed by atoms with Crippen LogP contribution < -0.4 is 10.2 Å². The Morgan fingerprint density at radius 2 is 0.757 bits per heavy atom. The van der Waals surface area contributed by atoms with E-state index >= 15 is 0 Å². The predicted octanol–water partition coefficient (Wildman–Crippen LogP) is 19.5. The molecule has 0 aromatic heterocycles. The normalized spacial score (nSPS) is 14.0. The Morgan fingerprint density at radius 3 is 1.09 bits per heavy atom. The molecule has 0 radical (unpaired) electrons. The molecule has 0 spiro atoms. The van der Waals surface area contributed by atoms with Crippen LogP contribution in [0, 0.1) is 0 Å². The molecule has 0 saturated heterocycles. The molecule has 0 fully saturated rings. The minimum absolute atomic E-state index is 0.00548. The van der Waals surface area contributed by atoms with Gasteiger partial charge in [-0.3, -0.25) is 9.36 Å². The largest absolute Gasteiger partial charge is 0.756 e. The fraction of sp³-hybridized carbons (Fsp3) is 0.892. The summed E-state index contributed by atoms with van der Waals surface area (Å²) >= 11 is 0. The van der Waals surface area contributed by atoms with Crippen LogP contribution in [-0.4, -0.2) is 68.5 Å². The predicted molar refractivity (Wildman–Crippen MR) is 321 cm³/mol. The zero-order chi connectivity index (χ0) is 54.2. The number of phosphoric ester groups is 1. The highest BCUT2D eigenvalue weighted by molar-refractivity contribution is 7.45. The number of hydrogen-bond donors (Lipinski definition) is 2. The maximum absolute atomic E-state index is 13.0. The molecule has 0 aliphatic rings. The van der Waals surface area contributed by atoms with Gasteiger partial charge in [0, 0.05) is 6.42 Å². The van der Waals surface area contributed by atoms with Crippen LogP contribution >= 0.6 is 7.82 Å². The van der Waals surface area contributed by atoms with Crippen LogP contribution in [0.15, 0.2) is 36.5 Å². The maximum Gasteiger partial charge on any atom is 0.268 e. The number of carbonyl (C=O) groups is 1. The first kappa shape index (κ1) is 72.7. The summed E-state index contributed by atoms with van der Waals surface area (Å²) in [5, 5.41) is 13.9. The van der Waals surface area contributed by atoms with Crippen molar-refractivity contribution in [2.24, 2.45) is 0 Å². The molecule has 0 rings (SSSR count). The molecule has 2 N–H and O–H groups in total. The van der Waals surface area contributed by atoms with Crippen molar-refractivity contribution < 1.29 is 32.9 Å². The molecule has 1 amide bonds. The third-order valence-electron chi connectivity index (χ3n) is 14.8. The second-order valence-corrected chi connectivity index (χ2v) is 24.9. The van der Waals surface area contributed by atoms with Gasteiger partial charge in [0.1, 0.15) is 13.2 Å². The SMILES string of the molecule is CCCCCCCCCCCCCC/C=C\CCCCCCCCCCCCCC(=O)NC(COP(=O)([O-])OCC[N+](C)(C)C)C(O)/C=C/CC/C=C/CCCCCCCCCCCCCCCCCCCCC. The standard InChI is InChI=1S/C65H127N2O6P/c1-6-8-10-12-14-16-18-20-22-24-26-28-30-32-33-35-37-39-41-43-45-47-49-51-53-55-57-59-65(69)66-63(62-73-74(70,71)72-61-60-67(3,4)5)64(68)58-56-54-52-50-48-46-44-42-40-38-36-34-31-29-27-25-23-21-19-17-15-13-11-9-7-2/h32-33,48,50,56,58,63-64,68H,6-31,34-47,49,51-55,57,59-62H2,1-5H3,(H-,66,69,70,71)/b33-32-,50-48+,58-56+.